The second-order valence-electron chi connectivity index (χ2n) is 1.86. The topological polar surface area (TPSA) is 104 Å². The molecule has 0 saturated carbocycles. The largest absolute Gasteiger partial charge is 0.364 e. The van der Waals surface area contributed by atoms with Crippen LogP contribution in [0.25, 0.3) is 0 Å². The summed E-state index contributed by atoms with van der Waals surface area (Å²) in [5.74, 6) is 0. The number of hydrazine groups is 1. The molecule has 0 unspecified atom stereocenters. The molecule has 0 aliphatic carbocycles. The minimum absolute atomic E-state index is 0.00222. The van der Waals surface area contributed by atoms with Crippen LogP contribution in [0.5, 0.6) is 0 Å². The van der Waals surface area contributed by atoms with Crippen molar-refractivity contribution in [2.75, 3.05) is 13.8 Å². The lowest BCUT2D eigenvalue weighted by molar-refractivity contribution is 0.170. The summed E-state index contributed by atoms with van der Waals surface area (Å²) in [7, 11) is 1.39. The molecule has 8 nitrogen and oxygen atoms in total. The van der Waals surface area contributed by atoms with Crippen molar-refractivity contribution in [3.63, 3.8) is 0 Å². The highest BCUT2D eigenvalue weighted by Gasteiger charge is 2.00. The fourth-order valence-corrected chi connectivity index (χ4v) is 0.406. The third kappa shape index (κ3) is 6.79. The fraction of sp³-hybridized carbons (Fsp3) is 0.400. The van der Waals surface area contributed by atoms with Gasteiger partial charge in [-0.3, -0.25) is 0 Å². The first kappa shape index (κ1) is 12.1. The molecule has 0 aromatic carbocycles. The van der Waals surface area contributed by atoms with E-state index in [1.165, 1.54) is 7.11 Å². The van der Waals surface area contributed by atoms with Gasteiger partial charge in [0.15, 0.2) is 6.47 Å². The molecule has 0 rings (SSSR count). The van der Waals surface area contributed by atoms with E-state index in [-0.39, 0.29) is 13.2 Å². The highest BCUT2D eigenvalue weighted by atomic mass is 19.1. The van der Waals surface area contributed by atoms with Crippen LogP contribution in [-0.4, -0.2) is 32.4 Å². The van der Waals surface area contributed by atoms with E-state index in [0.29, 0.717) is 0 Å². The van der Waals surface area contributed by atoms with Crippen LogP contribution in [0, 0.1) is 0 Å². The number of halogens is 1. The Morgan fingerprint density at radius 2 is 2.07 bits per heavy atom. The molecule has 0 heterocycles. The predicted molar refractivity (Wildman–Crippen MR) is 44.8 cm³/mol. The lowest BCUT2D eigenvalue weighted by Crippen LogP contribution is -2.49. The van der Waals surface area contributed by atoms with Gasteiger partial charge in [0.05, 0.1) is 0 Å². The molecule has 80 valence electrons. The minimum Gasteiger partial charge on any atom is -0.364 e. The maximum atomic E-state index is 11.3. The van der Waals surface area contributed by atoms with Crippen LogP contribution in [0.3, 0.4) is 0 Å². The van der Waals surface area contributed by atoms with Gasteiger partial charge < -0.3 is 10.1 Å². The summed E-state index contributed by atoms with van der Waals surface area (Å²) >= 11 is 0. The molecule has 0 bridgehead atoms. The Morgan fingerprint density at radius 3 is 2.64 bits per heavy atom. The Hall–Kier alpha value is -1.90. The number of nitrogens with zero attached hydrogens (tertiary/aromatic N) is 1. The molecular weight excluding hydrogens is 197 g/mol. The molecule has 0 atom stereocenters. The van der Waals surface area contributed by atoms with Gasteiger partial charge in [-0.05, 0) is 0 Å². The smallest absolute Gasteiger partial charge is 0.353 e. The third-order valence-corrected chi connectivity index (χ3v) is 0.882. The number of nitrogens with one attached hydrogen (secondary N) is 4. The molecule has 0 aromatic rings. The maximum Gasteiger partial charge on any atom is 0.353 e. The predicted octanol–water partition coefficient (Wildman–Crippen LogP) is -0.983. The fourth-order valence-electron chi connectivity index (χ4n) is 0.406. The SMILES string of the molecule is COCNC(=O)NNC(=O)NN=CF. The van der Waals surface area contributed by atoms with Crippen LogP contribution in [0.2, 0.25) is 0 Å². The van der Waals surface area contributed by atoms with Crippen LogP contribution in [0.1, 0.15) is 0 Å². The Morgan fingerprint density at radius 1 is 1.43 bits per heavy atom. The number of hydrogen-bond acceptors (Lipinski definition) is 4. The van der Waals surface area contributed by atoms with Crippen LogP contribution in [-0.2, 0) is 4.74 Å². The molecule has 4 amide bonds. The Kier molecular flexibility index (Phi) is 6.68. The van der Waals surface area contributed by atoms with E-state index in [1.54, 1.807) is 5.43 Å². The van der Waals surface area contributed by atoms with Gasteiger partial charge in [0, 0.05) is 7.11 Å². The van der Waals surface area contributed by atoms with E-state index in [2.05, 4.69) is 15.2 Å². The maximum absolute atomic E-state index is 11.3. The standard InChI is InChI=1S/C5H10FN5O3/c1-14-3-7-4(12)10-11-5(13)9-8-2-6/h2H,3H2,1H3,(H2,7,10,12)(H2,9,11,13). The number of amides is 4. The number of carbonyl (C=O) groups excluding carboxylic acids is 2. The van der Waals surface area contributed by atoms with Crippen molar-refractivity contribution in [3.8, 4) is 0 Å². The molecule has 0 fully saturated rings. The number of hydrogen-bond donors (Lipinski definition) is 4. The van der Waals surface area contributed by atoms with Gasteiger partial charge in [0.2, 0.25) is 0 Å². The molecule has 4 N–H and O–H groups in total. The van der Waals surface area contributed by atoms with Gasteiger partial charge in [-0.2, -0.15) is 4.39 Å². The zero-order valence-electron chi connectivity index (χ0n) is 7.33. The number of urea groups is 2. The molecule has 9 heteroatoms. The Labute approximate surface area is 78.8 Å². The molecule has 0 radical (unpaired) electrons. The van der Waals surface area contributed by atoms with E-state index in [0.717, 1.165) is 0 Å². The summed E-state index contributed by atoms with van der Waals surface area (Å²) in [5, 5.41) is 4.98. The molecule has 14 heavy (non-hydrogen) atoms. The van der Waals surface area contributed by atoms with Crippen molar-refractivity contribution in [2.24, 2.45) is 5.10 Å². The van der Waals surface area contributed by atoms with E-state index < -0.39 is 12.1 Å². The van der Waals surface area contributed by atoms with Gasteiger partial charge in [-0.15, -0.1) is 5.10 Å². The summed E-state index contributed by atoms with van der Waals surface area (Å²) in [6.45, 7) is -0.109. The van der Waals surface area contributed by atoms with E-state index in [1.807, 2.05) is 10.9 Å². The van der Waals surface area contributed by atoms with Crippen molar-refractivity contribution >= 4 is 18.5 Å². The van der Waals surface area contributed by atoms with Gasteiger partial charge >= 0.3 is 12.1 Å². The quantitative estimate of drug-likeness (QED) is 0.271. The molecule has 0 aromatic heterocycles. The molecule has 0 aliphatic rings. The third-order valence-electron chi connectivity index (χ3n) is 0.882. The summed E-state index contributed by atoms with van der Waals surface area (Å²) in [4.78, 5) is 21.3. The van der Waals surface area contributed by atoms with Gasteiger partial charge in [0.1, 0.15) is 6.73 Å². The number of carbonyl (C=O) groups is 2. The minimum atomic E-state index is -0.883. The first-order chi connectivity index (χ1) is 6.70. The molecule has 0 aliphatic heterocycles. The first-order valence-electron chi connectivity index (χ1n) is 3.41. The number of hydrazone groups is 1. The van der Waals surface area contributed by atoms with Crippen molar-refractivity contribution in [1.82, 2.24) is 21.6 Å². The van der Waals surface area contributed by atoms with E-state index in [4.69, 9.17) is 0 Å². The average molecular weight is 207 g/mol. The Balaban J connectivity index is 3.50. The Bertz CT molecular complexity index is 221. The van der Waals surface area contributed by atoms with Crippen LogP contribution < -0.4 is 21.6 Å². The zero-order chi connectivity index (χ0) is 10.8. The summed E-state index contributed by atoms with van der Waals surface area (Å²) in [6, 6.07) is -1.56. The average Bonchev–Trinajstić information content (AvgIpc) is 2.20. The van der Waals surface area contributed by atoms with Crippen LogP contribution >= 0.6 is 0 Å². The molecule has 0 spiro atoms. The molecule has 0 saturated heterocycles. The number of methoxy groups -OCH3 is 1. The highest BCUT2D eigenvalue weighted by Crippen LogP contribution is 1.65. The van der Waals surface area contributed by atoms with E-state index in [9.17, 15) is 14.0 Å². The summed E-state index contributed by atoms with van der Waals surface area (Å²) in [6.07, 6.45) is 0. The number of ether oxygens (including phenoxy) is 1. The lowest BCUT2D eigenvalue weighted by atomic mass is 10.9. The molecular formula is C5H10FN5O3. The van der Waals surface area contributed by atoms with Crippen LogP contribution in [0.4, 0.5) is 14.0 Å². The number of rotatable bonds is 3. The monoisotopic (exact) mass is 207 g/mol. The van der Waals surface area contributed by atoms with Crippen molar-refractivity contribution in [2.45, 2.75) is 0 Å². The van der Waals surface area contributed by atoms with E-state index >= 15 is 0 Å². The summed E-state index contributed by atoms with van der Waals surface area (Å²) < 4.78 is 15.8. The van der Waals surface area contributed by atoms with Gasteiger partial charge in [0.25, 0.3) is 0 Å². The zero-order valence-corrected chi connectivity index (χ0v) is 7.33. The first-order valence-corrected chi connectivity index (χ1v) is 3.41. The van der Waals surface area contributed by atoms with Crippen molar-refractivity contribution in [1.29, 1.82) is 0 Å². The van der Waals surface area contributed by atoms with Crippen molar-refractivity contribution in [3.05, 3.63) is 0 Å². The van der Waals surface area contributed by atoms with Crippen molar-refractivity contribution < 1.29 is 18.7 Å². The van der Waals surface area contributed by atoms with Gasteiger partial charge in [-0.25, -0.2) is 25.9 Å². The summed E-state index contributed by atoms with van der Waals surface area (Å²) in [5.41, 5.74) is 5.53. The normalized spacial score (nSPS) is 9.57. The second-order valence-corrected chi connectivity index (χ2v) is 1.86. The lowest BCUT2D eigenvalue weighted by Gasteiger charge is -2.06. The van der Waals surface area contributed by atoms with Gasteiger partial charge in [-0.1, -0.05) is 0 Å². The highest BCUT2D eigenvalue weighted by molar-refractivity contribution is 5.79. The van der Waals surface area contributed by atoms with Crippen LogP contribution in [0.15, 0.2) is 5.10 Å². The second kappa shape index (κ2) is 7.73.